The minimum atomic E-state index is -0.932. The fourth-order valence-corrected chi connectivity index (χ4v) is 6.24. The highest BCUT2D eigenvalue weighted by atomic mass is 19.1. The minimum absolute atomic E-state index is 0.349. The van der Waals surface area contributed by atoms with E-state index in [1.165, 1.54) is 81.4 Å². The fourth-order valence-electron chi connectivity index (χ4n) is 6.24. The number of aryl methyl sites for hydroxylation is 3. The summed E-state index contributed by atoms with van der Waals surface area (Å²) in [6.07, 6.45) is 20.9. The van der Waals surface area contributed by atoms with Gasteiger partial charge in [-0.05, 0) is 19.4 Å². The molecule has 10 heteroatoms. The van der Waals surface area contributed by atoms with E-state index in [4.69, 9.17) is 9.84 Å². The summed E-state index contributed by atoms with van der Waals surface area (Å²) in [5.74, 6) is -1.27. The van der Waals surface area contributed by atoms with E-state index in [0.29, 0.717) is 27.7 Å². The molecule has 0 unspecified atom stereocenters. The van der Waals surface area contributed by atoms with Crippen molar-refractivity contribution in [3.05, 3.63) is 64.7 Å². The number of rotatable bonds is 16. The molecule has 0 amide bonds. The predicted molar refractivity (Wildman–Crippen MR) is 175 cm³/mol. The molecule has 0 fully saturated rings. The Bertz CT molecular complexity index is 1800. The second-order valence-corrected chi connectivity index (χ2v) is 12.0. The number of fused-ring (bicyclic) bond motifs is 3. The number of halogens is 2. The summed E-state index contributed by atoms with van der Waals surface area (Å²) in [7, 11) is 3.15. The normalized spacial score (nSPS) is 11.7. The Labute approximate surface area is 263 Å². The topological polar surface area (TPSA) is 79.8 Å². The Hall–Kier alpha value is -4.08. The Morgan fingerprint density at radius 2 is 1.47 bits per heavy atom. The van der Waals surface area contributed by atoms with Gasteiger partial charge in [0.15, 0.2) is 11.6 Å². The first kappa shape index (κ1) is 32.3. The molecular weight excluding hydrogens is 574 g/mol. The molecule has 0 aliphatic carbocycles. The van der Waals surface area contributed by atoms with E-state index in [2.05, 4.69) is 16.9 Å². The average Bonchev–Trinajstić information content (AvgIpc) is 3.52. The maximum atomic E-state index is 14.9. The van der Waals surface area contributed by atoms with Crippen LogP contribution < -0.4 is 10.4 Å². The largest absolute Gasteiger partial charge is 0.496 e. The van der Waals surface area contributed by atoms with Gasteiger partial charge >= 0.3 is 5.69 Å². The summed E-state index contributed by atoms with van der Waals surface area (Å²) >= 11 is 0. The average molecular weight is 619 g/mol. The number of hydrogen-bond acceptors (Lipinski definition) is 5. The molecule has 240 valence electrons. The third-order valence-electron chi connectivity index (χ3n) is 8.73. The lowest BCUT2D eigenvalue weighted by atomic mass is 10.0. The van der Waals surface area contributed by atoms with Crippen molar-refractivity contribution in [2.75, 3.05) is 7.11 Å². The summed E-state index contributed by atoms with van der Waals surface area (Å²) < 4.78 is 40.0. The van der Waals surface area contributed by atoms with Gasteiger partial charge in [0.05, 0.1) is 47.9 Å². The quantitative estimate of drug-likeness (QED) is 0.104. The Balaban J connectivity index is 1.35. The number of imidazole rings is 1. The van der Waals surface area contributed by atoms with Crippen LogP contribution in [-0.4, -0.2) is 36.0 Å². The molecule has 0 saturated heterocycles. The SMILES string of the molecule is CCCCCCCCCCCCCCn1cc(-c2cc3c(cc2OC)ncc2c3n(-c3c(F)cncc3F)c(=O)n2C)c(C)n1. The summed E-state index contributed by atoms with van der Waals surface area (Å²) in [5, 5.41) is 5.34. The number of unbranched alkanes of at least 4 members (excludes halogenated alkanes) is 11. The summed E-state index contributed by atoms with van der Waals surface area (Å²) in [4.78, 5) is 21.5. The van der Waals surface area contributed by atoms with Gasteiger partial charge in [-0.1, -0.05) is 77.6 Å². The number of ether oxygens (including phenoxy) is 1. The van der Waals surface area contributed by atoms with Gasteiger partial charge in [0.1, 0.15) is 11.4 Å². The van der Waals surface area contributed by atoms with Crippen molar-refractivity contribution < 1.29 is 13.5 Å². The van der Waals surface area contributed by atoms with Crippen LogP contribution in [0.2, 0.25) is 0 Å². The van der Waals surface area contributed by atoms with Crippen LogP contribution in [0.1, 0.15) is 89.7 Å². The highest BCUT2D eigenvalue weighted by Gasteiger charge is 2.23. The number of pyridine rings is 2. The molecule has 0 aliphatic heterocycles. The first-order chi connectivity index (χ1) is 21.8. The summed E-state index contributed by atoms with van der Waals surface area (Å²) in [6.45, 7) is 5.03. The smallest absolute Gasteiger partial charge is 0.333 e. The zero-order valence-electron chi connectivity index (χ0n) is 26.9. The zero-order valence-corrected chi connectivity index (χ0v) is 26.9. The van der Waals surface area contributed by atoms with Gasteiger partial charge in [-0.2, -0.15) is 5.10 Å². The van der Waals surface area contributed by atoms with Crippen LogP contribution in [0.15, 0.2) is 41.7 Å². The maximum absolute atomic E-state index is 14.9. The number of nitrogens with zero attached hydrogens (tertiary/aromatic N) is 6. The van der Waals surface area contributed by atoms with Crippen molar-refractivity contribution in [2.45, 2.75) is 97.4 Å². The Kier molecular flexibility index (Phi) is 10.6. The molecule has 0 bridgehead atoms. The van der Waals surface area contributed by atoms with Crippen molar-refractivity contribution in [1.29, 1.82) is 0 Å². The summed E-state index contributed by atoms with van der Waals surface area (Å²) in [6, 6.07) is 3.65. The van der Waals surface area contributed by atoms with Crippen LogP contribution >= 0.6 is 0 Å². The van der Waals surface area contributed by atoms with Crippen LogP contribution in [0.4, 0.5) is 8.78 Å². The zero-order chi connectivity index (χ0) is 31.9. The second-order valence-electron chi connectivity index (χ2n) is 12.0. The molecule has 4 heterocycles. The fraction of sp³-hybridized carbons (Fsp3) is 0.486. The van der Waals surface area contributed by atoms with Crippen LogP contribution in [0, 0.1) is 18.6 Å². The number of hydrogen-bond donors (Lipinski definition) is 0. The summed E-state index contributed by atoms with van der Waals surface area (Å²) in [5.41, 5.74) is 2.74. The van der Waals surface area contributed by atoms with E-state index in [1.54, 1.807) is 20.2 Å². The maximum Gasteiger partial charge on any atom is 0.333 e. The monoisotopic (exact) mass is 618 g/mol. The van der Waals surface area contributed by atoms with Crippen LogP contribution in [0.25, 0.3) is 38.8 Å². The molecule has 45 heavy (non-hydrogen) atoms. The lowest BCUT2D eigenvalue weighted by molar-refractivity contribution is 0.417. The lowest BCUT2D eigenvalue weighted by Crippen LogP contribution is -2.22. The van der Waals surface area contributed by atoms with Gasteiger partial charge in [0.2, 0.25) is 0 Å². The van der Waals surface area contributed by atoms with E-state index in [9.17, 15) is 13.6 Å². The van der Waals surface area contributed by atoms with Gasteiger partial charge < -0.3 is 4.74 Å². The van der Waals surface area contributed by atoms with Crippen molar-refractivity contribution in [1.82, 2.24) is 28.9 Å². The first-order valence-electron chi connectivity index (χ1n) is 16.3. The van der Waals surface area contributed by atoms with Gasteiger partial charge in [0.25, 0.3) is 0 Å². The van der Waals surface area contributed by atoms with Crippen molar-refractivity contribution in [2.24, 2.45) is 7.05 Å². The van der Waals surface area contributed by atoms with E-state index < -0.39 is 23.0 Å². The molecule has 0 atom stereocenters. The van der Waals surface area contributed by atoms with Crippen molar-refractivity contribution in [3.63, 3.8) is 0 Å². The van der Waals surface area contributed by atoms with Gasteiger partial charge in [-0.25, -0.2) is 13.6 Å². The molecule has 4 aromatic heterocycles. The van der Waals surface area contributed by atoms with Crippen molar-refractivity contribution >= 4 is 21.9 Å². The molecule has 0 aliphatic rings. The van der Waals surface area contributed by atoms with Gasteiger partial charge in [0, 0.05) is 42.4 Å². The molecular formula is C35H44F2N6O2. The van der Waals surface area contributed by atoms with E-state index in [-0.39, 0.29) is 0 Å². The molecule has 8 nitrogen and oxygen atoms in total. The molecule has 5 rings (SSSR count). The molecule has 0 saturated carbocycles. The third-order valence-corrected chi connectivity index (χ3v) is 8.73. The Morgan fingerprint density at radius 1 is 0.844 bits per heavy atom. The van der Waals surface area contributed by atoms with E-state index in [1.807, 2.05) is 23.9 Å². The van der Waals surface area contributed by atoms with Crippen LogP contribution in [0.3, 0.4) is 0 Å². The highest BCUT2D eigenvalue weighted by Crippen LogP contribution is 2.38. The van der Waals surface area contributed by atoms with Crippen LogP contribution in [0.5, 0.6) is 5.75 Å². The molecule has 1 aromatic carbocycles. The molecule has 0 spiro atoms. The lowest BCUT2D eigenvalue weighted by Gasteiger charge is -2.12. The molecule has 5 aromatic rings. The number of aromatic nitrogens is 6. The standard InChI is InChI=1S/C35H44F2N6O2/c1-5-6-7-8-9-10-11-12-13-14-15-16-17-42-23-27(24(2)40-42)25-18-26-30(19-32(25)45-4)39-22-31-33(26)43(35(44)41(31)3)34-28(36)20-38-21-29(34)37/h18-23H,5-17H2,1-4H3. The molecule has 0 radical (unpaired) electrons. The van der Waals surface area contributed by atoms with Gasteiger partial charge in [-0.15, -0.1) is 0 Å². The van der Waals surface area contributed by atoms with E-state index in [0.717, 1.165) is 46.7 Å². The van der Waals surface area contributed by atoms with Crippen LogP contribution in [-0.2, 0) is 13.6 Å². The number of benzene rings is 1. The van der Waals surface area contributed by atoms with Gasteiger partial charge in [-0.3, -0.25) is 23.8 Å². The molecule has 0 N–H and O–H groups in total. The first-order valence-corrected chi connectivity index (χ1v) is 16.3. The minimum Gasteiger partial charge on any atom is -0.496 e. The van der Waals surface area contributed by atoms with Crippen molar-refractivity contribution in [3.8, 4) is 22.6 Å². The van der Waals surface area contributed by atoms with E-state index >= 15 is 0 Å². The Morgan fingerprint density at radius 3 is 2.09 bits per heavy atom. The highest BCUT2D eigenvalue weighted by molar-refractivity contribution is 6.05. The number of methoxy groups -OCH3 is 1. The predicted octanol–water partition coefficient (Wildman–Crippen LogP) is 8.43. The second kappa shape index (κ2) is 14.8. The third kappa shape index (κ3) is 6.94.